The lowest BCUT2D eigenvalue weighted by atomic mass is 9.95. The number of hydrogen-bond donors (Lipinski definition) is 3. The second kappa shape index (κ2) is 11.1. The van der Waals surface area contributed by atoms with Gasteiger partial charge < -0.3 is 26.2 Å². The van der Waals surface area contributed by atoms with Crippen LogP contribution in [0.3, 0.4) is 0 Å². The molecule has 7 nitrogen and oxygen atoms in total. The number of urea groups is 1. The summed E-state index contributed by atoms with van der Waals surface area (Å²) in [6, 6.07) is 10.8. The van der Waals surface area contributed by atoms with Crippen molar-refractivity contribution in [2.24, 2.45) is 11.7 Å². The van der Waals surface area contributed by atoms with Crippen LogP contribution < -0.4 is 21.3 Å². The van der Waals surface area contributed by atoms with E-state index in [4.69, 9.17) is 40.5 Å². The van der Waals surface area contributed by atoms with Crippen LogP contribution in [0.2, 0.25) is 15.1 Å². The number of primary amides is 1. The summed E-state index contributed by atoms with van der Waals surface area (Å²) in [5, 5.41) is 7.99. The molecule has 2 aromatic carbocycles. The molecule has 2 aliphatic rings. The van der Waals surface area contributed by atoms with Gasteiger partial charge in [-0.15, -0.1) is 0 Å². The largest absolute Gasteiger partial charge is 0.377 e. The van der Waals surface area contributed by atoms with Crippen LogP contribution in [-0.4, -0.2) is 49.1 Å². The fourth-order valence-corrected chi connectivity index (χ4v) is 5.65. The molecule has 4 rings (SSSR count). The van der Waals surface area contributed by atoms with E-state index in [2.05, 4.69) is 15.5 Å². The third kappa shape index (κ3) is 6.26. The number of carbonyl (C=O) groups excluding carboxylic acids is 2. The van der Waals surface area contributed by atoms with Crippen molar-refractivity contribution in [3.05, 3.63) is 57.0 Å². The first kappa shape index (κ1) is 25.7. The quantitative estimate of drug-likeness (QED) is 0.465. The number of halogens is 3. The number of piperidine rings is 1. The molecule has 0 aliphatic carbocycles. The number of anilines is 2. The maximum Gasteiger partial charge on any atom is 0.312 e. The first-order chi connectivity index (χ1) is 16.7. The van der Waals surface area contributed by atoms with Crippen LogP contribution in [0.25, 0.3) is 0 Å². The number of nitrogens with two attached hydrogens (primary N) is 1. The zero-order valence-electron chi connectivity index (χ0n) is 19.6. The summed E-state index contributed by atoms with van der Waals surface area (Å²) in [6.45, 7) is 4.78. The van der Waals surface area contributed by atoms with E-state index < -0.39 is 6.03 Å². The Kier molecular flexibility index (Phi) is 8.19. The maximum atomic E-state index is 13.0. The van der Waals surface area contributed by atoms with E-state index in [-0.39, 0.29) is 23.9 Å². The first-order valence-corrected chi connectivity index (χ1v) is 13.0. The molecule has 2 saturated heterocycles. The molecule has 0 saturated carbocycles. The summed E-state index contributed by atoms with van der Waals surface area (Å²) in [5.74, 6) is 0.168. The lowest BCUT2D eigenvalue weighted by molar-refractivity contribution is -0.135. The van der Waals surface area contributed by atoms with Gasteiger partial charge in [0, 0.05) is 53.9 Å². The standard InChI is InChI=1S/C25H30Cl3N5O2/c1-15(20-4-2-17(26)12-22(20)28)30-23-13-19(3-5-21(23)27)32-9-6-16(7-10-32)24(34)33-11-8-18(14-33)31-25(29)35/h2-5,12-13,15-16,18,30H,6-11,14H2,1H3,(H3,29,31,35)/t15-,18+/m1/s1. The van der Waals surface area contributed by atoms with Crippen LogP contribution in [0.15, 0.2) is 36.4 Å². The molecule has 188 valence electrons. The van der Waals surface area contributed by atoms with Gasteiger partial charge >= 0.3 is 6.03 Å². The number of amides is 3. The molecule has 0 radical (unpaired) electrons. The molecule has 2 heterocycles. The predicted octanol–water partition coefficient (Wildman–Crippen LogP) is 5.31. The summed E-state index contributed by atoms with van der Waals surface area (Å²) >= 11 is 18.9. The molecule has 2 aliphatic heterocycles. The van der Waals surface area contributed by atoms with Gasteiger partial charge in [0.25, 0.3) is 0 Å². The highest BCUT2D eigenvalue weighted by Gasteiger charge is 2.33. The molecule has 2 fully saturated rings. The van der Waals surface area contributed by atoms with Gasteiger partial charge in [0.1, 0.15) is 0 Å². The van der Waals surface area contributed by atoms with Crippen molar-refractivity contribution in [2.45, 2.75) is 38.3 Å². The lowest BCUT2D eigenvalue weighted by Crippen LogP contribution is -2.44. The number of carbonyl (C=O) groups is 2. The molecular weight excluding hydrogens is 509 g/mol. The highest BCUT2D eigenvalue weighted by molar-refractivity contribution is 6.35. The Morgan fingerprint density at radius 3 is 2.43 bits per heavy atom. The van der Waals surface area contributed by atoms with Gasteiger partial charge in [0.2, 0.25) is 5.91 Å². The number of benzene rings is 2. The van der Waals surface area contributed by atoms with E-state index >= 15 is 0 Å². The SMILES string of the molecule is C[C@@H](Nc1cc(N2CCC(C(=O)N3CC[C@H](NC(N)=O)C3)CC2)ccc1Cl)c1ccc(Cl)cc1Cl. The Bertz CT molecular complexity index is 1090. The maximum absolute atomic E-state index is 13.0. The molecule has 2 aromatic rings. The number of nitrogens with one attached hydrogen (secondary N) is 2. The summed E-state index contributed by atoms with van der Waals surface area (Å²) in [4.78, 5) is 28.2. The summed E-state index contributed by atoms with van der Waals surface area (Å²) in [7, 11) is 0. The molecule has 10 heteroatoms. The summed E-state index contributed by atoms with van der Waals surface area (Å²) in [6.07, 6.45) is 2.31. The van der Waals surface area contributed by atoms with Crippen LogP contribution in [0.5, 0.6) is 0 Å². The van der Waals surface area contributed by atoms with Crippen molar-refractivity contribution < 1.29 is 9.59 Å². The van der Waals surface area contributed by atoms with Gasteiger partial charge in [-0.1, -0.05) is 40.9 Å². The van der Waals surface area contributed by atoms with Crippen LogP contribution in [-0.2, 0) is 4.79 Å². The fraction of sp³-hybridized carbons (Fsp3) is 0.440. The predicted molar refractivity (Wildman–Crippen MR) is 143 cm³/mol. The van der Waals surface area contributed by atoms with E-state index in [0.717, 1.165) is 49.3 Å². The van der Waals surface area contributed by atoms with Gasteiger partial charge in [0.15, 0.2) is 0 Å². The number of rotatable bonds is 6. The molecule has 2 atom stereocenters. The Morgan fingerprint density at radius 2 is 1.74 bits per heavy atom. The summed E-state index contributed by atoms with van der Waals surface area (Å²) in [5.41, 5.74) is 8.03. The van der Waals surface area contributed by atoms with Gasteiger partial charge in [-0.2, -0.15) is 0 Å². The second-order valence-electron chi connectivity index (χ2n) is 9.24. The normalized spacial score (nSPS) is 19.5. The Morgan fingerprint density at radius 1 is 1.00 bits per heavy atom. The van der Waals surface area contributed by atoms with Crippen LogP contribution >= 0.6 is 34.8 Å². The average molecular weight is 539 g/mol. The monoisotopic (exact) mass is 537 g/mol. The molecule has 3 amide bonds. The van der Waals surface area contributed by atoms with Gasteiger partial charge in [-0.25, -0.2) is 4.79 Å². The number of hydrogen-bond acceptors (Lipinski definition) is 4. The van der Waals surface area contributed by atoms with Crippen molar-refractivity contribution >= 4 is 58.1 Å². The highest BCUT2D eigenvalue weighted by atomic mass is 35.5. The zero-order valence-corrected chi connectivity index (χ0v) is 21.8. The smallest absolute Gasteiger partial charge is 0.312 e. The van der Waals surface area contributed by atoms with Crippen molar-refractivity contribution in [3.8, 4) is 0 Å². The highest BCUT2D eigenvalue weighted by Crippen LogP contribution is 2.34. The second-order valence-corrected chi connectivity index (χ2v) is 10.5. The third-order valence-electron chi connectivity index (χ3n) is 6.81. The Labute approximate surface area is 220 Å². The number of likely N-dealkylation sites (tertiary alicyclic amines) is 1. The minimum absolute atomic E-state index is 0.00413. The molecule has 0 unspecified atom stereocenters. The third-order valence-corrected chi connectivity index (χ3v) is 7.70. The molecule has 4 N–H and O–H groups in total. The van der Waals surface area contributed by atoms with E-state index in [1.54, 1.807) is 6.07 Å². The van der Waals surface area contributed by atoms with Crippen LogP contribution in [0, 0.1) is 5.92 Å². The van der Waals surface area contributed by atoms with Crippen molar-refractivity contribution in [2.75, 3.05) is 36.4 Å². The van der Waals surface area contributed by atoms with Crippen molar-refractivity contribution in [1.82, 2.24) is 10.2 Å². The molecule has 35 heavy (non-hydrogen) atoms. The molecular formula is C25H30Cl3N5O2. The van der Waals surface area contributed by atoms with Crippen molar-refractivity contribution in [3.63, 3.8) is 0 Å². The Balaban J connectivity index is 1.36. The lowest BCUT2D eigenvalue weighted by Gasteiger charge is -2.35. The van der Waals surface area contributed by atoms with Gasteiger partial charge in [0.05, 0.1) is 16.8 Å². The minimum atomic E-state index is -0.542. The Hall–Kier alpha value is -2.35. The van der Waals surface area contributed by atoms with E-state index in [0.29, 0.717) is 28.2 Å². The van der Waals surface area contributed by atoms with Crippen LogP contribution in [0.4, 0.5) is 16.2 Å². The fourth-order valence-electron chi connectivity index (χ4n) is 4.91. The van der Waals surface area contributed by atoms with Gasteiger partial charge in [-0.3, -0.25) is 4.79 Å². The summed E-state index contributed by atoms with van der Waals surface area (Å²) < 4.78 is 0. The topological polar surface area (TPSA) is 90.7 Å². The van der Waals surface area contributed by atoms with E-state index in [1.165, 1.54) is 0 Å². The number of nitrogens with zero attached hydrogens (tertiary/aromatic N) is 2. The molecule has 0 aromatic heterocycles. The van der Waals surface area contributed by atoms with E-state index in [9.17, 15) is 9.59 Å². The molecule has 0 spiro atoms. The van der Waals surface area contributed by atoms with E-state index in [1.807, 2.05) is 42.2 Å². The van der Waals surface area contributed by atoms with Crippen molar-refractivity contribution in [1.29, 1.82) is 0 Å². The first-order valence-electron chi connectivity index (χ1n) is 11.8. The average Bonchev–Trinajstić information content (AvgIpc) is 3.28. The zero-order chi connectivity index (χ0) is 25.1. The molecule has 0 bridgehead atoms. The van der Waals surface area contributed by atoms with Crippen LogP contribution in [0.1, 0.15) is 37.8 Å². The van der Waals surface area contributed by atoms with Gasteiger partial charge in [-0.05, 0) is 62.1 Å². The minimum Gasteiger partial charge on any atom is -0.377 e.